The van der Waals surface area contributed by atoms with E-state index in [-0.39, 0.29) is 0 Å². The molecule has 1 saturated carbocycles. The minimum Gasteiger partial charge on any atom is -0.415 e. The lowest BCUT2D eigenvalue weighted by atomic mass is 9.89. The predicted octanol–water partition coefficient (Wildman–Crippen LogP) is 5.15. The maximum Gasteiger partial charge on any atom is 0.282 e. The van der Waals surface area contributed by atoms with Crippen molar-refractivity contribution in [2.45, 2.75) is 74.0 Å². The molecule has 0 bridgehead atoms. The second-order valence-electron chi connectivity index (χ2n) is 6.91. The molecule has 0 aliphatic heterocycles. The van der Waals surface area contributed by atoms with Crippen molar-refractivity contribution in [1.82, 2.24) is 20.2 Å². The molecule has 3 heterocycles. The van der Waals surface area contributed by atoms with Gasteiger partial charge >= 0.3 is 0 Å². The zero-order valence-electron chi connectivity index (χ0n) is 14.0. The SMILES string of the molecule is c1nc(Sc2nnc(C3CCCCC3)o2)c2c3c(sc2n1)CCCC3. The zero-order chi connectivity index (χ0) is 16.6. The van der Waals surface area contributed by atoms with Crippen molar-refractivity contribution >= 4 is 33.3 Å². The van der Waals surface area contributed by atoms with E-state index in [1.165, 1.54) is 79.0 Å². The van der Waals surface area contributed by atoms with Crippen molar-refractivity contribution in [3.63, 3.8) is 0 Å². The summed E-state index contributed by atoms with van der Waals surface area (Å²) in [6, 6.07) is 0. The lowest BCUT2D eigenvalue weighted by molar-refractivity contribution is 0.334. The summed E-state index contributed by atoms with van der Waals surface area (Å²) in [5.74, 6) is 1.25. The van der Waals surface area contributed by atoms with Gasteiger partial charge in [0.25, 0.3) is 5.22 Å². The third-order valence-electron chi connectivity index (χ3n) is 5.28. The Balaban J connectivity index is 1.46. The Morgan fingerprint density at radius 2 is 1.88 bits per heavy atom. The highest BCUT2D eigenvalue weighted by Gasteiger charge is 2.24. The van der Waals surface area contributed by atoms with Gasteiger partial charge in [0.1, 0.15) is 16.2 Å². The molecule has 0 N–H and O–H groups in total. The number of rotatable bonds is 3. The van der Waals surface area contributed by atoms with Gasteiger partial charge in [0.15, 0.2) is 0 Å². The van der Waals surface area contributed by atoms with Crippen LogP contribution in [0.1, 0.15) is 67.2 Å². The molecular weight excluding hydrogens is 352 g/mol. The van der Waals surface area contributed by atoms with E-state index in [9.17, 15) is 0 Å². The second-order valence-corrected chi connectivity index (χ2v) is 8.94. The first-order valence-corrected chi connectivity index (χ1v) is 10.8. The third-order valence-corrected chi connectivity index (χ3v) is 7.32. The molecular formula is C18H20N4OS2. The van der Waals surface area contributed by atoms with Gasteiger partial charge in [-0.3, -0.25) is 0 Å². The summed E-state index contributed by atoms with van der Waals surface area (Å²) in [6.45, 7) is 0. The first-order chi connectivity index (χ1) is 12.4. The molecule has 0 saturated heterocycles. The van der Waals surface area contributed by atoms with E-state index < -0.39 is 0 Å². The molecule has 7 heteroatoms. The van der Waals surface area contributed by atoms with Crippen LogP contribution >= 0.6 is 23.1 Å². The van der Waals surface area contributed by atoms with Crippen molar-refractivity contribution in [2.24, 2.45) is 0 Å². The molecule has 0 spiro atoms. The number of aromatic nitrogens is 4. The first kappa shape index (κ1) is 15.8. The minimum atomic E-state index is 0.440. The van der Waals surface area contributed by atoms with Crippen molar-refractivity contribution in [1.29, 1.82) is 0 Å². The van der Waals surface area contributed by atoms with E-state index in [1.54, 1.807) is 6.33 Å². The van der Waals surface area contributed by atoms with E-state index in [0.29, 0.717) is 11.1 Å². The lowest BCUT2D eigenvalue weighted by Crippen LogP contribution is -2.04. The van der Waals surface area contributed by atoms with E-state index >= 15 is 0 Å². The molecule has 0 radical (unpaired) electrons. The summed E-state index contributed by atoms with van der Waals surface area (Å²) in [5, 5.41) is 11.4. The van der Waals surface area contributed by atoms with Gasteiger partial charge in [-0.15, -0.1) is 21.5 Å². The molecule has 130 valence electrons. The molecule has 2 aliphatic rings. The molecule has 2 aliphatic carbocycles. The monoisotopic (exact) mass is 372 g/mol. The van der Waals surface area contributed by atoms with Crippen LogP contribution in [0.25, 0.3) is 10.2 Å². The van der Waals surface area contributed by atoms with E-state index in [1.807, 2.05) is 11.3 Å². The van der Waals surface area contributed by atoms with Crippen molar-refractivity contribution in [3.05, 3.63) is 22.7 Å². The number of hydrogen-bond donors (Lipinski definition) is 0. The number of fused-ring (bicyclic) bond motifs is 3. The van der Waals surface area contributed by atoms with E-state index in [0.717, 1.165) is 22.2 Å². The zero-order valence-corrected chi connectivity index (χ0v) is 15.7. The Bertz CT molecular complexity index is 898. The maximum atomic E-state index is 5.98. The second kappa shape index (κ2) is 6.68. The van der Waals surface area contributed by atoms with Gasteiger partial charge in [-0.25, -0.2) is 9.97 Å². The normalized spacial score (nSPS) is 18.6. The third kappa shape index (κ3) is 2.97. The molecule has 0 atom stereocenters. The van der Waals surface area contributed by atoms with Crippen LogP contribution in [0.3, 0.4) is 0 Å². The molecule has 0 aromatic carbocycles. The fraction of sp³-hybridized carbons (Fsp3) is 0.556. The van der Waals surface area contributed by atoms with Crippen LogP contribution in [0.2, 0.25) is 0 Å². The lowest BCUT2D eigenvalue weighted by Gasteiger charge is -2.17. The Labute approximate surface area is 154 Å². The van der Waals surface area contributed by atoms with Gasteiger partial charge < -0.3 is 4.42 Å². The quantitative estimate of drug-likeness (QED) is 0.592. The van der Waals surface area contributed by atoms with Gasteiger partial charge in [-0.05, 0) is 55.9 Å². The molecule has 5 rings (SSSR count). The highest BCUT2D eigenvalue weighted by molar-refractivity contribution is 7.99. The summed E-state index contributed by atoms with van der Waals surface area (Å²) < 4.78 is 5.98. The summed E-state index contributed by atoms with van der Waals surface area (Å²) in [6.07, 6.45) is 12.7. The fourth-order valence-corrected chi connectivity index (χ4v) is 6.09. The highest BCUT2D eigenvalue weighted by Crippen LogP contribution is 2.41. The average Bonchev–Trinajstić information content (AvgIpc) is 3.27. The molecule has 3 aromatic heterocycles. The average molecular weight is 373 g/mol. The van der Waals surface area contributed by atoms with Crippen molar-refractivity contribution < 1.29 is 4.42 Å². The smallest absolute Gasteiger partial charge is 0.282 e. The van der Waals surface area contributed by atoms with Crippen LogP contribution in [0.5, 0.6) is 0 Å². The number of nitrogens with zero attached hydrogens (tertiary/aromatic N) is 4. The van der Waals surface area contributed by atoms with Crippen LogP contribution in [0.15, 0.2) is 21.0 Å². The number of aryl methyl sites for hydroxylation is 2. The first-order valence-electron chi connectivity index (χ1n) is 9.15. The predicted molar refractivity (Wildman–Crippen MR) is 98.3 cm³/mol. The van der Waals surface area contributed by atoms with Gasteiger partial charge in [-0.2, -0.15) is 0 Å². The van der Waals surface area contributed by atoms with Gasteiger partial charge in [-0.1, -0.05) is 19.3 Å². The Kier molecular flexibility index (Phi) is 4.21. The minimum absolute atomic E-state index is 0.440. The molecule has 0 amide bonds. The highest BCUT2D eigenvalue weighted by atomic mass is 32.2. The topological polar surface area (TPSA) is 64.7 Å². The van der Waals surface area contributed by atoms with Crippen molar-refractivity contribution in [3.8, 4) is 0 Å². The van der Waals surface area contributed by atoms with Crippen LogP contribution in [0, 0.1) is 0 Å². The molecule has 0 unspecified atom stereocenters. The van der Waals surface area contributed by atoms with Gasteiger partial charge in [0.05, 0.1) is 0 Å². The summed E-state index contributed by atoms with van der Waals surface area (Å²) >= 11 is 3.32. The number of thiophene rings is 1. The standard InChI is InChI=1S/C18H20N4OS2/c1-2-6-11(7-3-1)15-21-22-18(23-15)25-17-14-12-8-4-5-9-13(12)24-16(14)19-10-20-17/h10-11H,1-9H2. The Morgan fingerprint density at radius 1 is 1.00 bits per heavy atom. The van der Waals surface area contributed by atoms with Crippen LogP contribution in [-0.4, -0.2) is 20.2 Å². The molecule has 1 fully saturated rings. The van der Waals surface area contributed by atoms with Crippen LogP contribution < -0.4 is 0 Å². The Morgan fingerprint density at radius 3 is 2.80 bits per heavy atom. The van der Waals surface area contributed by atoms with E-state index in [2.05, 4.69) is 20.2 Å². The summed E-state index contributed by atoms with van der Waals surface area (Å²) in [4.78, 5) is 11.6. The number of hydrogen-bond acceptors (Lipinski definition) is 7. The summed E-state index contributed by atoms with van der Waals surface area (Å²) in [5.41, 5.74) is 1.45. The van der Waals surface area contributed by atoms with Gasteiger partial charge in [0.2, 0.25) is 5.89 Å². The maximum absolute atomic E-state index is 5.98. The fourth-order valence-electron chi connectivity index (χ4n) is 4.00. The van der Waals surface area contributed by atoms with Crippen LogP contribution in [-0.2, 0) is 12.8 Å². The molecule has 5 nitrogen and oxygen atoms in total. The summed E-state index contributed by atoms with van der Waals surface area (Å²) in [7, 11) is 0. The Hall–Kier alpha value is -1.47. The molecule has 3 aromatic rings. The van der Waals surface area contributed by atoms with Gasteiger partial charge in [0, 0.05) is 16.2 Å². The van der Waals surface area contributed by atoms with E-state index in [4.69, 9.17) is 4.42 Å². The van der Waals surface area contributed by atoms with Crippen molar-refractivity contribution in [2.75, 3.05) is 0 Å². The van der Waals surface area contributed by atoms with Crippen LogP contribution in [0.4, 0.5) is 0 Å². The molecule has 25 heavy (non-hydrogen) atoms. The largest absolute Gasteiger partial charge is 0.415 e.